The van der Waals surface area contributed by atoms with Gasteiger partial charge in [0.1, 0.15) is 5.69 Å². The molecule has 2 heterocycles. The number of hydrogen-bond acceptors (Lipinski definition) is 8. The van der Waals surface area contributed by atoms with Gasteiger partial charge in [-0.25, -0.2) is 4.79 Å². The fraction of sp³-hybridized carbons (Fsp3) is 0.571. The molecule has 26 heavy (non-hydrogen) atoms. The van der Waals surface area contributed by atoms with E-state index in [1.165, 1.54) is 21.5 Å². The lowest BCUT2D eigenvalue weighted by atomic mass is 10.4. The smallest absolute Gasteiger partial charge is 0.358 e. The van der Waals surface area contributed by atoms with Gasteiger partial charge in [-0.15, -0.1) is 5.10 Å². The molecule has 1 unspecified atom stereocenters. The predicted molar refractivity (Wildman–Crippen MR) is 91.9 cm³/mol. The van der Waals surface area contributed by atoms with E-state index in [4.69, 9.17) is 9.05 Å². The Balaban J connectivity index is 1.98. The SMILES string of the molecule is CCOP(=O)(OCC)C(O)CCn1cc(Cn2ccc(=O)[nH]c2=O)nn1. The van der Waals surface area contributed by atoms with Gasteiger partial charge in [0.25, 0.3) is 5.56 Å². The third-order valence-corrected chi connectivity index (χ3v) is 5.64. The Morgan fingerprint density at radius 1 is 1.31 bits per heavy atom. The van der Waals surface area contributed by atoms with E-state index in [1.807, 2.05) is 0 Å². The van der Waals surface area contributed by atoms with E-state index >= 15 is 0 Å². The third-order valence-electron chi connectivity index (χ3n) is 3.41. The van der Waals surface area contributed by atoms with Crippen LogP contribution in [0.3, 0.4) is 0 Å². The fourth-order valence-corrected chi connectivity index (χ4v) is 3.81. The van der Waals surface area contributed by atoms with Gasteiger partial charge in [0.15, 0.2) is 5.85 Å². The molecule has 0 radical (unpaired) electrons. The maximum Gasteiger partial charge on any atom is 0.358 e. The van der Waals surface area contributed by atoms with Crippen LogP contribution in [0.4, 0.5) is 0 Å². The van der Waals surface area contributed by atoms with Gasteiger partial charge < -0.3 is 14.2 Å². The van der Waals surface area contributed by atoms with Crippen LogP contribution in [0.15, 0.2) is 28.0 Å². The molecule has 0 bridgehead atoms. The molecule has 0 spiro atoms. The van der Waals surface area contributed by atoms with Crippen molar-refractivity contribution in [3.8, 4) is 0 Å². The standard InChI is InChI=1S/C14H22N5O6P/c1-3-24-26(23,25-4-2)13(21)6-8-19-10-11(16-17-19)9-18-7-5-12(20)15-14(18)22/h5,7,10,13,21H,3-4,6,8-9H2,1-2H3,(H,15,20,22). The second-order valence-corrected chi connectivity index (χ2v) is 7.55. The zero-order valence-electron chi connectivity index (χ0n) is 14.6. The number of nitrogens with one attached hydrogen (secondary N) is 1. The number of H-pyrrole nitrogens is 1. The maximum absolute atomic E-state index is 12.4. The highest BCUT2D eigenvalue weighted by atomic mass is 31.2. The minimum absolute atomic E-state index is 0.0959. The van der Waals surface area contributed by atoms with Crippen LogP contribution in [-0.4, -0.2) is 48.7 Å². The van der Waals surface area contributed by atoms with E-state index < -0.39 is 24.7 Å². The molecule has 12 heteroatoms. The summed E-state index contributed by atoms with van der Waals surface area (Å²) in [7, 11) is -3.59. The summed E-state index contributed by atoms with van der Waals surface area (Å²) in [5.74, 6) is -1.28. The summed E-state index contributed by atoms with van der Waals surface area (Å²) >= 11 is 0. The quantitative estimate of drug-likeness (QED) is 0.549. The van der Waals surface area contributed by atoms with Gasteiger partial charge in [0.2, 0.25) is 0 Å². The Morgan fingerprint density at radius 2 is 2.00 bits per heavy atom. The van der Waals surface area contributed by atoms with Crippen molar-refractivity contribution < 1.29 is 18.7 Å². The van der Waals surface area contributed by atoms with Crippen LogP contribution in [0.2, 0.25) is 0 Å². The summed E-state index contributed by atoms with van der Waals surface area (Å²) in [5, 5.41) is 18.0. The molecule has 2 N–H and O–H groups in total. The van der Waals surface area contributed by atoms with Crippen molar-refractivity contribution in [2.75, 3.05) is 13.2 Å². The number of hydrogen-bond donors (Lipinski definition) is 2. The van der Waals surface area contributed by atoms with Gasteiger partial charge in [0, 0.05) is 25.2 Å². The minimum atomic E-state index is -3.59. The summed E-state index contributed by atoms with van der Waals surface area (Å²) in [6.07, 6.45) is 3.06. The largest absolute Gasteiger partial charge is 0.380 e. The highest BCUT2D eigenvalue weighted by Gasteiger charge is 2.33. The topological polar surface area (TPSA) is 141 Å². The molecule has 0 fully saturated rings. The third kappa shape index (κ3) is 5.21. The van der Waals surface area contributed by atoms with Crippen LogP contribution in [0.5, 0.6) is 0 Å². The van der Waals surface area contributed by atoms with Gasteiger partial charge in [-0.3, -0.25) is 23.6 Å². The molecule has 0 aliphatic rings. The highest BCUT2D eigenvalue weighted by molar-refractivity contribution is 7.54. The summed E-state index contributed by atoms with van der Waals surface area (Å²) in [4.78, 5) is 24.9. The van der Waals surface area contributed by atoms with Gasteiger partial charge in [-0.05, 0) is 13.8 Å². The van der Waals surface area contributed by atoms with Gasteiger partial charge in [-0.2, -0.15) is 0 Å². The fourth-order valence-electron chi connectivity index (χ4n) is 2.24. The molecular formula is C14H22N5O6P. The minimum Gasteiger partial charge on any atom is -0.380 e. The number of rotatable bonds is 10. The Morgan fingerprint density at radius 3 is 2.62 bits per heavy atom. The van der Waals surface area contributed by atoms with Crippen molar-refractivity contribution >= 4 is 7.60 Å². The molecule has 1 atom stereocenters. The molecule has 0 saturated heterocycles. The first-order chi connectivity index (χ1) is 12.4. The van der Waals surface area contributed by atoms with Crippen LogP contribution < -0.4 is 11.2 Å². The summed E-state index contributed by atoms with van der Waals surface area (Å²) < 4.78 is 25.4. The lowest BCUT2D eigenvalue weighted by Gasteiger charge is -2.22. The summed E-state index contributed by atoms with van der Waals surface area (Å²) in [5.41, 5.74) is -0.528. The van der Waals surface area contributed by atoms with Gasteiger partial charge >= 0.3 is 13.3 Å². The van der Waals surface area contributed by atoms with E-state index in [-0.39, 0.29) is 32.7 Å². The summed E-state index contributed by atoms with van der Waals surface area (Å²) in [6, 6.07) is 1.24. The molecular weight excluding hydrogens is 365 g/mol. The van der Waals surface area contributed by atoms with Crippen molar-refractivity contribution in [1.29, 1.82) is 0 Å². The van der Waals surface area contributed by atoms with Crippen LogP contribution in [0.1, 0.15) is 26.0 Å². The number of aliphatic hydroxyl groups is 1. The Kier molecular flexibility index (Phi) is 7.04. The van der Waals surface area contributed by atoms with Crippen LogP contribution >= 0.6 is 7.60 Å². The average Bonchev–Trinajstić information content (AvgIpc) is 3.03. The molecule has 11 nitrogen and oxygen atoms in total. The molecule has 2 aromatic rings. The van der Waals surface area contributed by atoms with Gasteiger partial charge in [-0.1, -0.05) is 5.21 Å². The Labute approximate surface area is 149 Å². The van der Waals surface area contributed by atoms with Crippen molar-refractivity contribution in [2.24, 2.45) is 0 Å². The van der Waals surface area contributed by atoms with Crippen LogP contribution in [0.25, 0.3) is 0 Å². The molecule has 2 rings (SSSR count). The number of aryl methyl sites for hydroxylation is 1. The summed E-state index contributed by atoms with van der Waals surface area (Å²) in [6.45, 7) is 4.03. The first-order valence-corrected chi connectivity index (χ1v) is 9.74. The number of nitrogens with zero attached hydrogens (tertiary/aromatic N) is 4. The average molecular weight is 387 g/mol. The Hall–Kier alpha value is -2.07. The molecule has 0 aromatic carbocycles. The van der Waals surface area contributed by atoms with E-state index in [2.05, 4.69) is 15.3 Å². The predicted octanol–water partition coefficient (Wildman–Crippen LogP) is 0.151. The van der Waals surface area contributed by atoms with E-state index in [9.17, 15) is 19.3 Å². The number of aliphatic hydroxyl groups excluding tert-OH is 1. The maximum atomic E-state index is 12.4. The molecule has 0 aliphatic carbocycles. The molecule has 0 amide bonds. The second kappa shape index (κ2) is 9.04. The molecule has 144 valence electrons. The number of aromatic nitrogens is 5. The van der Waals surface area contributed by atoms with Crippen LogP contribution in [0, 0.1) is 0 Å². The highest BCUT2D eigenvalue weighted by Crippen LogP contribution is 2.53. The first kappa shape index (κ1) is 20.2. The van der Waals surface area contributed by atoms with Gasteiger partial charge in [0.05, 0.1) is 26.0 Å². The van der Waals surface area contributed by atoms with Crippen molar-refractivity contribution in [3.05, 3.63) is 45.0 Å². The Bertz CT molecular complexity index is 865. The zero-order chi connectivity index (χ0) is 19.2. The van der Waals surface area contributed by atoms with Crippen molar-refractivity contribution in [1.82, 2.24) is 24.5 Å². The zero-order valence-corrected chi connectivity index (χ0v) is 15.5. The number of aromatic amines is 1. The van der Waals surface area contributed by atoms with Crippen LogP contribution in [-0.2, 0) is 26.7 Å². The lowest BCUT2D eigenvalue weighted by Crippen LogP contribution is -2.28. The second-order valence-electron chi connectivity index (χ2n) is 5.36. The molecule has 2 aromatic heterocycles. The lowest BCUT2D eigenvalue weighted by molar-refractivity contribution is 0.140. The monoisotopic (exact) mass is 387 g/mol. The molecule has 0 aliphatic heterocycles. The van der Waals surface area contributed by atoms with Crippen molar-refractivity contribution in [2.45, 2.75) is 39.2 Å². The molecule has 0 saturated carbocycles. The van der Waals surface area contributed by atoms with E-state index in [0.29, 0.717) is 5.69 Å². The van der Waals surface area contributed by atoms with E-state index in [0.717, 1.165) is 0 Å². The normalized spacial score (nSPS) is 13.0. The first-order valence-electron chi connectivity index (χ1n) is 8.13. The van der Waals surface area contributed by atoms with E-state index in [1.54, 1.807) is 20.0 Å². The van der Waals surface area contributed by atoms with Crippen molar-refractivity contribution in [3.63, 3.8) is 0 Å².